The Labute approximate surface area is 151 Å². The second-order valence-electron chi connectivity index (χ2n) is 4.09. The van der Waals surface area contributed by atoms with Gasteiger partial charge in [-0.15, -0.1) is 40.6 Å². The third-order valence-corrected chi connectivity index (χ3v) is 2.32. The monoisotopic (exact) mass is 515 g/mol. The van der Waals surface area contributed by atoms with Gasteiger partial charge in [0.05, 0.1) is 0 Å². The Morgan fingerprint density at radius 3 is 2.31 bits per heavy atom. The molecule has 3 heteroatoms. The van der Waals surface area contributed by atoms with Crippen molar-refractivity contribution < 1.29 is 74.2 Å². The first kappa shape index (κ1) is 19.5. The Bertz CT molecular complexity index is 374. The maximum Gasteiger partial charge on any atom is 3.00 e. The average Bonchev–Trinajstić information content (AvgIpc) is 2.44. The van der Waals surface area contributed by atoms with Crippen molar-refractivity contribution in [3.63, 3.8) is 0 Å². The number of benzene rings is 1. The Kier molecular flexibility index (Phi) is 11.2. The van der Waals surface area contributed by atoms with E-state index in [-0.39, 0.29) is 74.2 Å². The molecule has 0 nitrogen and oxygen atoms in total. The van der Waals surface area contributed by atoms with E-state index >= 15 is 0 Å². The number of hydrogen-bond acceptors (Lipinski definition) is 0. The molecule has 0 heterocycles. The van der Waals surface area contributed by atoms with E-state index in [1.54, 1.807) is 0 Å². The minimum absolute atomic E-state index is 0. The van der Waals surface area contributed by atoms with Gasteiger partial charge in [-0.1, -0.05) is 19.9 Å². The van der Waals surface area contributed by atoms with Gasteiger partial charge in [0.2, 0.25) is 0 Å². The molecule has 0 bridgehead atoms. The van der Waals surface area contributed by atoms with Gasteiger partial charge < -0.3 is 48.0 Å². The van der Waals surface area contributed by atoms with Gasteiger partial charge in [0.15, 0.2) is 0 Å². The number of hydrogen-bond donors (Lipinski definition) is 0. The van der Waals surface area contributed by atoms with Crippen molar-refractivity contribution in [3.05, 3.63) is 42.0 Å². The summed E-state index contributed by atoms with van der Waals surface area (Å²) in [4.78, 5) is 0. The molecule has 0 N–H and O–H groups in total. The zero-order valence-corrected chi connectivity index (χ0v) is 16.3. The molecule has 2 rings (SSSR count). The van der Waals surface area contributed by atoms with Crippen molar-refractivity contribution in [1.82, 2.24) is 0 Å². The molecule has 0 aliphatic heterocycles. The second kappa shape index (κ2) is 9.15. The van der Waals surface area contributed by atoms with Crippen molar-refractivity contribution in [2.75, 3.05) is 0 Å². The molecule has 2 aromatic carbocycles. The smallest absolute Gasteiger partial charge is 1.00 e. The average molecular weight is 516 g/mol. The van der Waals surface area contributed by atoms with Crippen molar-refractivity contribution in [1.29, 1.82) is 0 Å². The summed E-state index contributed by atoms with van der Waals surface area (Å²) in [5.41, 5.74) is 1.47. The second-order valence-corrected chi connectivity index (χ2v) is 4.09. The SMILES string of the molecule is CC(C)Cc1cc2ccccc2[cH-]1.[I-].[I-].[Zr+3]. The maximum absolute atomic E-state index is 2.30. The maximum atomic E-state index is 2.30. The molecule has 85 valence electrons. The van der Waals surface area contributed by atoms with Gasteiger partial charge >= 0.3 is 26.2 Å². The van der Waals surface area contributed by atoms with E-state index in [9.17, 15) is 0 Å². The Morgan fingerprint density at radius 2 is 1.75 bits per heavy atom. The van der Waals surface area contributed by atoms with Crippen LogP contribution in [0.5, 0.6) is 0 Å². The molecular weight excluding hydrogens is 501 g/mol. The minimum Gasteiger partial charge on any atom is -1.00 e. The summed E-state index contributed by atoms with van der Waals surface area (Å²) < 4.78 is 0. The molecule has 1 radical (unpaired) electrons. The molecule has 0 saturated carbocycles. The standard InChI is InChI=1S/C13H15.2HI.Zr/c1-10(2)7-11-8-12-5-3-4-6-13(12)9-11;;;/h3-6,8-10H,7H2,1-2H3;2*1H;/q-1;;;+3/p-2. The van der Waals surface area contributed by atoms with Crippen molar-refractivity contribution in [2.45, 2.75) is 20.3 Å². The van der Waals surface area contributed by atoms with E-state index in [1.165, 1.54) is 22.8 Å². The van der Waals surface area contributed by atoms with Crippen LogP contribution in [-0.2, 0) is 32.6 Å². The molecule has 16 heavy (non-hydrogen) atoms. The Balaban J connectivity index is 0. The first-order valence-corrected chi connectivity index (χ1v) is 4.90. The van der Waals surface area contributed by atoms with E-state index < -0.39 is 0 Å². The van der Waals surface area contributed by atoms with Crippen LogP contribution in [0, 0.1) is 5.92 Å². The fraction of sp³-hybridized carbons (Fsp3) is 0.308. The van der Waals surface area contributed by atoms with Gasteiger partial charge in [-0.25, -0.2) is 0 Å². The van der Waals surface area contributed by atoms with Gasteiger partial charge in [-0.3, -0.25) is 0 Å². The largest absolute Gasteiger partial charge is 3.00 e. The number of rotatable bonds is 2. The summed E-state index contributed by atoms with van der Waals surface area (Å²) in [6, 6.07) is 13.2. The topological polar surface area (TPSA) is 0 Å². The molecule has 0 aliphatic rings. The summed E-state index contributed by atoms with van der Waals surface area (Å²) in [5, 5.41) is 2.75. The van der Waals surface area contributed by atoms with E-state index in [0.29, 0.717) is 0 Å². The van der Waals surface area contributed by atoms with Crippen molar-refractivity contribution in [3.8, 4) is 0 Å². The van der Waals surface area contributed by atoms with Gasteiger partial charge in [0.1, 0.15) is 0 Å². The van der Waals surface area contributed by atoms with Crippen LogP contribution in [0.4, 0.5) is 0 Å². The summed E-state index contributed by atoms with van der Waals surface area (Å²) in [6.45, 7) is 4.52. The van der Waals surface area contributed by atoms with Crippen LogP contribution in [0.1, 0.15) is 19.4 Å². The molecule has 0 fully saturated rings. The van der Waals surface area contributed by atoms with Gasteiger partial charge in [-0.2, -0.15) is 6.07 Å². The van der Waals surface area contributed by atoms with Gasteiger partial charge in [-0.05, 0) is 12.3 Å². The Hall–Kier alpha value is 1.17. The molecule has 0 aromatic heterocycles. The van der Waals surface area contributed by atoms with E-state index in [2.05, 4.69) is 50.2 Å². The van der Waals surface area contributed by atoms with Crippen LogP contribution >= 0.6 is 0 Å². The number of fused-ring (bicyclic) bond motifs is 1. The van der Waals surface area contributed by atoms with E-state index in [0.717, 1.165) is 5.92 Å². The summed E-state index contributed by atoms with van der Waals surface area (Å²) >= 11 is 0. The van der Waals surface area contributed by atoms with Crippen LogP contribution in [0.25, 0.3) is 10.8 Å². The molecule has 0 spiro atoms. The fourth-order valence-corrected chi connectivity index (χ4v) is 1.80. The zero-order chi connectivity index (χ0) is 9.26. The predicted molar refractivity (Wildman–Crippen MR) is 58.1 cm³/mol. The minimum atomic E-state index is 0. The predicted octanol–water partition coefficient (Wildman–Crippen LogP) is -2.24. The normalized spacial score (nSPS) is 9.19. The van der Waals surface area contributed by atoms with E-state index in [1.807, 2.05) is 0 Å². The molecule has 0 amide bonds. The molecule has 0 saturated heterocycles. The summed E-state index contributed by atoms with van der Waals surface area (Å²) in [7, 11) is 0. The fourth-order valence-electron chi connectivity index (χ4n) is 1.80. The molecule has 0 unspecified atom stereocenters. The summed E-state index contributed by atoms with van der Waals surface area (Å²) in [6.07, 6.45) is 1.19. The van der Waals surface area contributed by atoms with Gasteiger partial charge in [0, 0.05) is 0 Å². The van der Waals surface area contributed by atoms with Crippen LogP contribution in [-0.4, -0.2) is 0 Å². The summed E-state index contributed by atoms with van der Waals surface area (Å²) in [5.74, 6) is 0.747. The van der Waals surface area contributed by atoms with Gasteiger partial charge in [0.25, 0.3) is 0 Å². The first-order valence-electron chi connectivity index (χ1n) is 4.90. The molecule has 0 aliphatic carbocycles. The van der Waals surface area contributed by atoms with Crippen LogP contribution in [0.3, 0.4) is 0 Å². The van der Waals surface area contributed by atoms with Crippen molar-refractivity contribution >= 4 is 10.8 Å². The molecule has 0 atom stereocenters. The third kappa shape index (κ3) is 5.22. The molecule has 2 aromatic rings. The third-order valence-electron chi connectivity index (χ3n) is 2.32. The quantitative estimate of drug-likeness (QED) is 0.313. The number of halogens is 2. The Morgan fingerprint density at radius 1 is 1.12 bits per heavy atom. The zero-order valence-electron chi connectivity index (χ0n) is 9.50. The van der Waals surface area contributed by atoms with Crippen LogP contribution in [0.2, 0.25) is 0 Å². The molecular formula is C13H15I2Zr. The van der Waals surface area contributed by atoms with Crippen molar-refractivity contribution in [2.24, 2.45) is 5.92 Å². The van der Waals surface area contributed by atoms with Crippen LogP contribution in [0.15, 0.2) is 36.4 Å². The van der Waals surface area contributed by atoms with Crippen LogP contribution < -0.4 is 48.0 Å². The van der Waals surface area contributed by atoms with E-state index in [4.69, 9.17) is 0 Å². The first-order chi connectivity index (χ1) is 6.25.